The van der Waals surface area contributed by atoms with E-state index < -0.39 is 0 Å². The maximum atomic E-state index is 5.42. The van der Waals surface area contributed by atoms with Crippen LogP contribution in [0.2, 0.25) is 0 Å². The largest absolute Gasteiger partial charge is 0.379 e. The number of nitrogens with zero attached hydrogens (tertiary/aromatic N) is 2. The van der Waals surface area contributed by atoms with Gasteiger partial charge in [-0.25, -0.2) is 4.99 Å². The lowest BCUT2D eigenvalue weighted by Crippen LogP contribution is -2.44. The van der Waals surface area contributed by atoms with Gasteiger partial charge in [-0.1, -0.05) is 43.5 Å². The molecule has 0 spiro atoms. The summed E-state index contributed by atoms with van der Waals surface area (Å²) in [5.74, 6) is 0.955. The van der Waals surface area contributed by atoms with Gasteiger partial charge in [0.25, 0.3) is 0 Å². The molecule has 152 valence electrons. The van der Waals surface area contributed by atoms with Crippen LogP contribution in [0.1, 0.15) is 50.2 Å². The zero-order valence-electron chi connectivity index (χ0n) is 16.6. The minimum absolute atomic E-state index is 0. The van der Waals surface area contributed by atoms with Gasteiger partial charge < -0.3 is 15.4 Å². The highest BCUT2D eigenvalue weighted by Gasteiger charge is 2.14. The van der Waals surface area contributed by atoms with E-state index in [0.717, 1.165) is 51.9 Å². The number of nitrogens with one attached hydrogen (secondary N) is 2. The molecule has 27 heavy (non-hydrogen) atoms. The summed E-state index contributed by atoms with van der Waals surface area (Å²) in [7, 11) is 0. The summed E-state index contributed by atoms with van der Waals surface area (Å²) in [6, 6.07) is 9.48. The molecule has 6 heteroatoms. The summed E-state index contributed by atoms with van der Waals surface area (Å²) >= 11 is 0. The number of rotatable bonds is 6. The quantitative estimate of drug-likeness (QED) is 0.367. The smallest absolute Gasteiger partial charge is 0.191 e. The number of aliphatic imine (C=N–C) groups is 1. The lowest BCUT2D eigenvalue weighted by atomic mass is 9.96. The van der Waals surface area contributed by atoms with E-state index in [4.69, 9.17) is 9.73 Å². The number of hydrogen-bond acceptors (Lipinski definition) is 3. The Bertz CT molecular complexity index is 552. The zero-order chi connectivity index (χ0) is 18.0. The number of hydrogen-bond donors (Lipinski definition) is 2. The molecular formula is C21H35IN4O. The van der Waals surface area contributed by atoms with E-state index in [2.05, 4.69) is 46.7 Å². The molecule has 1 aromatic rings. The Hall–Kier alpha value is -0.860. The van der Waals surface area contributed by atoms with Crippen molar-refractivity contribution in [3.05, 3.63) is 35.4 Å². The Balaban J connectivity index is 0.00000261. The van der Waals surface area contributed by atoms with Crippen LogP contribution in [0.3, 0.4) is 0 Å². The van der Waals surface area contributed by atoms with Gasteiger partial charge in [0, 0.05) is 32.2 Å². The maximum absolute atomic E-state index is 5.42. The van der Waals surface area contributed by atoms with Crippen LogP contribution in [0.15, 0.2) is 29.3 Å². The summed E-state index contributed by atoms with van der Waals surface area (Å²) in [5.41, 5.74) is 2.63. The second-order valence-electron chi connectivity index (χ2n) is 7.38. The molecule has 1 aromatic carbocycles. The van der Waals surface area contributed by atoms with Crippen LogP contribution in [0, 0.1) is 0 Å². The fourth-order valence-electron chi connectivity index (χ4n) is 3.70. The van der Waals surface area contributed by atoms with Crippen LogP contribution >= 0.6 is 24.0 Å². The first kappa shape index (κ1) is 22.4. The molecule has 1 aliphatic heterocycles. The van der Waals surface area contributed by atoms with Crippen molar-refractivity contribution in [3.8, 4) is 0 Å². The molecule has 1 aliphatic carbocycles. The fraction of sp³-hybridized carbons (Fsp3) is 0.667. The Morgan fingerprint density at radius 2 is 1.74 bits per heavy atom. The molecule has 1 saturated heterocycles. The Kier molecular flexibility index (Phi) is 10.4. The van der Waals surface area contributed by atoms with E-state index in [1.807, 2.05) is 0 Å². The van der Waals surface area contributed by atoms with Crippen molar-refractivity contribution >= 4 is 29.9 Å². The van der Waals surface area contributed by atoms with Gasteiger partial charge in [0.15, 0.2) is 5.96 Å². The van der Waals surface area contributed by atoms with Crippen LogP contribution < -0.4 is 10.6 Å². The predicted molar refractivity (Wildman–Crippen MR) is 123 cm³/mol. The summed E-state index contributed by atoms with van der Waals surface area (Å²) in [6.07, 6.45) is 6.58. The molecule has 2 fully saturated rings. The zero-order valence-corrected chi connectivity index (χ0v) is 18.9. The highest BCUT2D eigenvalue weighted by molar-refractivity contribution is 14.0. The molecule has 0 radical (unpaired) electrons. The second-order valence-corrected chi connectivity index (χ2v) is 7.38. The van der Waals surface area contributed by atoms with E-state index in [9.17, 15) is 0 Å². The fourth-order valence-corrected chi connectivity index (χ4v) is 3.70. The minimum atomic E-state index is 0. The molecular weight excluding hydrogens is 451 g/mol. The van der Waals surface area contributed by atoms with Crippen molar-refractivity contribution in [1.82, 2.24) is 15.5 Å². The lowest BCUT2D eigenvalue weighted by molar-refractivity contribution is 0.0342. The van der Waals surface area contributed by atoms with Gasteiger partial charge in [-0.2, -0.15) is 0 Å². The molecule has 1 saturated carbocycles. The van der Waals surface area contributed by atoms with Crippen molar-refractivity contribution in [1.29, 1.82) is 0 Å². The van der Waals surface area contributed by atoms with Gasteiger partial charge in [-0.3, -0.25) is 4.90 Å². The number of benzene rings is 1. The van der Waals surface area contributed by atoms with Gasteiger partial charge in [0.1, 0.15) is 0 Å². The maximum Gasteiger partial charge on any atom is 0.191 e. The first-order valence-electron chi connectivity index (χ1n) is 10.3. The standard InChI is InChI=1S/C21H34N4O.HI/c1-2-22-21(24-20-6-4-3-5-7-20)23-16-18-8-10-19(11-9-18)17-25-12-14-26-15-13-25;/h8-11,20H,2-7,12-17H2,1H3,(H2,22,23,24);1H. The van der Waals surface area contributed by atoms with Crippen LogP contribution in [0.25, 0.3) is 0 Å². The SMILES string of the molecule is CCNC(=NCc1ccc(CN2CCOCC2)cc1)NC1CCCCC1.I. The first-order chi connectivity index (χ1) is 12.8. The topological polar surface area (TPSA) is 48.9 Å². The van der Waals surface area contributed by atoms with Gasteiger partial charge in [-0.05, 0) is 30.9 Å². The van der Waals surface area contributed by atoms with Crippen LogP contribution in [0.5, 0.6) is 0 Å². The average Bonchev–Trinajstić information content (AvgIpc) is 2.69. The minimum Gasteiger partial charge on any atom is -0.379 e. The van der Waals surface area contributed by atoms with E-state index in [1.54, 1.807) is 0 Å². The van der Waals surface area contributed by atoms with E-state index >= 15 is 0 Å². The summed E-state index contributed by atoms with van der Waals surface area (Å²) in [4.78, 5) is 7.24. The molecule has 0 bridgehead atoms. The van der Waals surface area contributed by atoms with Gasteiger partial charge in [0.05, 0.1) is 19.8 Å². The van der Waals surface area contributed by atoms with Gasteiger partial charge in [0.2, 0.25) is 0 Å². The summed E-state index contributed by atoms with van der Waals surface area (Å²) in [5, 5.41) is 7.00. The molecule has 2 aliphatic rings. The van der Waals surface area contributed by atoms with Crippen LogP contribution in [-0.4, -0.2) is 49.7 Å². The highest BCUT2D eigenvalue weighted by atomic mass is 127. The summed E-state index contributed by atoms with van der Waals surface area (Å²) < 4.78 is 5.42. The number of ether oxygens (including phenoxy) is 1. The summed E-state index contributed by atoms with van der Waals surface area (Å²) in [6.45, 7) is 8.53. The van der Waals surface area contributed by atoms with E-state index in [0.29, 0.717) is 6.04 Å². The lowest BCUT2D eigenvalue weighted by Gasteiger charge is -2.26. The monoisotopic (exact) mass is 486 g/mol. The Morgan fingerprint density at radius 3 is 2.41 bits per heavy atom. The van der Waals surface area contributed by atoms with Crippen LogP contribution in [-0.2, 0) is 17.8 Å². The van der Waals surface area contributed by atoms with Crippen LogP contribution in [0.4, 0.5) is 0 Å². The van der Waals surface area contributed by atoms with E-state index in [-0.39, 0.29) is 24.0 Å². The third-order valence-corrected chi connectivity index (χ3v) is 5.24. The van der Waals surface area contributed by atoms with Gasteiger partial charge >= 0.3 is 0 Å². The number of halogens is 1. The molecule has 1 heterocycles. The highest BCUT2D eigenvalue weighted by Crippen LogP contribution is 2.17. The average molecular weight is 486 g/mol. The molecule has 0 unspecified atom stereocenters. The predicted octanol–water partition coefficient (Wildman–Crippen LogP) is 3.52. The first-order valence-corrected chi connectivity index (χ1v) is 10.3. The van der Waals surface area contributed by atoms with Crippen molar-refractivity contribution in [2.75, 3.05) is 32.8 Å². The third kappa shape index (κ3) is 7.95. The third-order valence-electron chi connectivity index (χ3n) is 5.24. The molecule has 2 N–H and O–H groups in total. The van der Waals surface area contributed by atoms with Crippen molar-refractivity contribution in [2.45, 2.75) is 58.2 Å². The Morgan fingerprint density at radius 1 is 1.07 bits per heavy atom. The molecule has 0 aromatic heterocycles. The van der Waals surface area contributed by atoms with E-state index in [1.165, 1.54) is 43.2 Å². The number of morpholine rings is 1. The Labute approximate surface area is 181 Å². The number of guanidine groups is 1. The van der Waals surface area contributed by atoms with Gasteiger partial charge in [-0.15, -0.1) is 24.0 Å². The van der Waals surface area contributed by atoms with Crippen molar-refractivity contribution < 1.29 is 4.74 Å². The molecule has 0 amide bonds. The second kappa shape index (κ2) is 12.6. The molecule has 0 atom stereocenters. The molecule has 3 rings (SSSR count). The van der Waals surface area contributed by atoms with Crippen molar-refractivity contribution in [3.63, 3.8) is 0 Å². The molecule has 5 nitrogen and oxygen atoms in total. The van der Waals surface area contributed by atoms with Crippen molar-refractivity contribution in [2.24, 2.45) is 4.99 Å². The normalized spacial score (nSPS) is 19.4.